The van der Waals surface area contributed by atoms with Gasteiger partial charge >= 0.3 is 0 Å². The van der Waals surface area contributed by atoms with E-state index in [9.17, 15) is 8.42 Å². The van der Waals surface area contributed by atoms with Crippen LogP contribution in [0.15, 0.2) is 41.3 Å². The molecular weight excluding hydrogens is 360 g/mol. The first-order chi connectivity index (χ1) is 12.8. The van der Waals surface area contributed by atoms with Gasteiger partial charge in [0.2, 0.25) is 0 Å². The molecule has 2 aromatic rings. The van der Waals surface area contributed by atoms with Crippen LogP contribution in [0.3, 0.4) is 0 Å². The summed E-state index contributed by atoms with van der Waals surface area (Å²) in [6.07, 6.45) is 0.930. The lowest BCUT2D eigenvalue weighted by Crippen LogP contribution is -2.18. The Labute approximate surface area is 163 Å². The van der Waals surface area contributed by atoms with E-state index in [1.807, 2.05) is 58.0 Å². The summed E-state index contributed by atoms with van der Waals surface area (Å²) in [5, 5.41) is 3.33. The van der Waals surface area contributed by atoms with Crippen molar-refractivity contribution in [3.8, 4) is 0 Å². The van der Waals surface area contributed by atoms with Gasteiger partial charge in [-0.05, 0) is 75.0 Å². The maximum Gasteiger partial charge on any atom is 0.262 e. The number of aryl methyl sites for hydroxylation is 3. The number of rotatable bonds is 10. The van der Waals surface area contributed by atoms with E-state index >= 15 is 0 Å². The van der Waals surface area contributed by atoms with E-state index in [4.69, 9.17) is 4.74 Å². The topological polar surface area (TPSA) is 67.4 Å². The first kappa shape index (κ1) is 21.4. The van der Waals surface area contributed by atoms with Crippen molar-refractivity contribution in [2.45, 2.75) is 45.6 Å². The molecule has 2 aromatic carbocycles. The molecular formula is C21H30N2O3S. The zero-order valence-corrected chi connectivity index (χ0v) is 17.4. The van der Waals surface area contributed by atoms with Gasteiger partial charge in [0.05, 0.1) is 10.6 Å². The predicted molar refractivity (Wildman–Crippen MR) is 111 cm³/mol. The number of hydrogen-bond donors (Lipinski definition) is 2. The average Bonchev–Trinajstić information content (AvgIpc) is 2.62. The zero-order chi connectivity index (χ0) is 19.9. The lowest BCUT2D eigenvalue weighted by molar-refractivity contribution is 0.144. The van der Waals surface area contributed by atoms with Crippen molar-refractivity contribution in [3.05, 3.63) is 58.7 Å². The van der Waals surface area contributed by atoms with Crippen LogP contribution in [0.1, 0.15) is 35.6 Å². The minimum absolute atomic E-state index is 0.317. The van der Waals surface area contributed by atoms with Crippen molar-refractivity contribution in [2.24, 2.45) is 0 Å². The van der Waals surface area contributed by atoms with Crippen LogP contribution in [0.25, 0.3) is 0 Å². The van der Waals surface area contributed by atoms with Gasteiger partial charge in [0.25, 0.3) is 10.0 Å². The molecule has 0 atom stereocenters. The lowest BCUT2D eigenvalue weighted by Gasteiger charge is -2.14. The molecule has 148 valence electrons. The smallest absolute Gasteiger partial charge is 0.262 e. The fraction of sp³-hybridized carbons (Fsp3) is 0.429. The fourth-order valence-corrected chi connectivity index (χ4v) is 4.18. The standard InChI is InChI=1S/C21H30N2O3S/c1-5-26-12-6-11-22-15-19-10-9-18(4)21(14-19)27(24,25)23-20-13-16(2)7-8-17(20)3/h7-10,13-14,22-23H,5-6,11-12,15H2,1-4H3. The number of ether oxygens (including phenoxy) is 1. The van der Waals surface area contributed by atoms with Crippen LogP contribution < -0.4 is 10.0 Å². The molecule has 0 radical (unpaired) electrons. The molecule has 0 unspecified atom stereocenters. The maximum absolute atomic E-state index is 12.9. The van der Waals surface area contributed by atoms with Crippen molar-refractivity contribution in [1.82, 2.24) is 5.32 Å². The highest BCUT2D eigenvalue weighted by atomic mass is 32.2. The third-order valence-corrected chi connectivity index (χ3v) is 5.86. The second-order valence-corrected chi connectivity index (χ2v) is 8.40. The van der Waals surface area contributed by atoms with E-state index in [1.165, 1.54) is 0 Å². The molecule has 0 saturated heterocycles. The number of nitrogens with one attached hydrogen (secondary N) is 2. The van der Waals surface area contributed by atoms with E-state index in [0.717, 1.165) is 48.4 Å². The fourth-order valence-electron chi connectivity index (χ4n) is 2.77. The molecule has 0 aliphatic heterocycles. The molecule has 0 heterocycles. The number of sulfonamides is 1. The minimum Gasteiger partial charge on any atom is -0.382 e. The highest BCUT2D eigenvalue weighted by Gasteiger charge is 2.18. The molecule has 6 heteroatoms. The Balaban J connectivity index is 2.10. The van der Waals surface area contributed by atoms with Crippen LogP contribution >= 0.6 is 0 Å². The van der Waals surface area contributed by atoms with Crippen molar-refractivity contribution >= 4 is 15.7 Å². The van der Waals surface area contributed by atoms with Gasteiger partial charge in [0.15, 0.2) is 0 Å². The molecule has 0 aliphatic carbocycles. The predicted octanol–water partition coefficient (Wildman–Crippen LogP) is 3.93. The lowest BCUT2D eigenvalue weighted by atomic mass is 10.1. The van der Waals surface area contributed by atoms with Gasteiger partial charge < -0.3 is 10.1 Å². The second-order valence-electron chi connectivity index (χ2n) is 6.75. The van der Waals surface area contributed by atoms with E-state index in [0.29, 0.717) is 17.1 Å². The first-order valence-electron chi connectivity index (χ1n) is 9.31. The van der Waals surface area contributed by atoms with Gasteiger partial charge in [0.1, 0.15) is 0 Å². The molecule has 27 heavy (non-hydrogen) atoms. The summed E-state index contributed by atoms with van der Waals surface area (Å²) in [7, 11) is -3.65. The minimum atomic E-state index is -3.65. The Bertz CT molecular complexity index is 864. The summed E-state index contributed by atoms with van der Waals surface area (Å²) in [4.78, 5) is 0.317. The molecule has 2 rings (SSSR count). The third-order valence-electron chi connectivity index (χ3n) is 4.35. The van der Waals surface area contributed by atoms with Gasteiger partial charge in [-0.2, -0.15) is 0 Å². The summed E-state index contributed by atoms with van der Waals surface area (Å²) in [6.45, 7) is 10.6. The van der Waals surface area contributed by atoms with Gasteiger partial charge in [0, 0.05) is 19.8 Å². The highest BCUT2D eigenvalue weighted by Crippen LogP contribution is 2.23. The monoisotopic (exact) mass is 390 g/mol. The van der Waals surface area contributed by atoms with Gasteiger partial charge in [-0.25, -0.2) is 8.42 Å². The second kappa shape index (κ2) is 9.88. The molecule has 0 spiro atoms. The van der Waals surface area contributed by atoms with Gasteiger partial charge in [-0.1, -0.05) is 24.3 Å². The first-order valence-corrected chi connectivity index (χ1v) is 10.8. The Morgan fingerprint density at radius 2 is 1.74 bits per heavy atom. The highest BCUT2D eigenvalue weighted by molar-refractivity contribution is 7.92. The van der Waals surface area contributed by atoms with E-state index in [1.54, 1.807) is 6.07 Å². The maximum atomic E-state index is 12.9. The Morgan fingerprint density at radius 1 is 1.00 bits per heavy atom. The molecule has 0 aromatic heterocycles. The number of benzene rings is 2. The summed E-state index contributed by atoms with van der Waals surface area (Å²) in [6, 6.07) is 11.3. The summed E-state index contributed by atoms with van der Waals surface area (Å²) >= 11 is 0. The van der Waals surface area contributed by atoms with Gasteiger partial charge in [-0.3, -0.25) is 4.72 Å². The van der Waals surface area contributed by atoms with Crippen molar-refractivity contribution in [3.63, 3.8) is 0 Å². The van der Waals surface area contributed by atoms with Crippen LogP contribution in [0.5, 0.6) is 0 Å². The Hall–Kier alpha value is -1.89. The summed E-state index contributed by atoms with van der Waals surface area (Å²) in [5.74, 6) is 0. The molecule has 0 aliphatic rings. The molecule has 2 N–H and O–H groups in total. The molecule has 5 nitrogen and oxygen atoms in total. The average molecular weight is 391 g/mol. The van der Waals surface area contributed by atoms with Gasteiger partial charge in [-0.15, -0.1) is 0 Å². The number of anilines is 1. The SMILES string of the molecule is CCOCCCNCc1ccc(C)c(S(=O)(=O)Nc2cc(C)ccc2C)c1. The van der Waals surface area contributed by atoms with Crippen LogP contribution in [0, 0.1) is 20.8 Å². The van der Waals surface area contributed by atoms with Crippen LogP contribution in [0.4, 0.5) is 5.69 Å². The number of hydrogen-bond acceptors (Lipinski definition) is 4. The van der Waals surface area contributed by atoms with Crippen LogP contribution in [0.2, 0.25) is 0 Å². The van der Waals surface area contributed by atoms with Crippen LogP contribution in [-0.2, 0) is 21.3 Å². The van der Waals surface area contributed by atoms with Crippen molar-refractivity contribution < 1.29 is 13.2 Å². The zero-order valence-electron chi connectivity index (χ0n) is 16.6. The molecule has 0 fully saturated rings. The third kappa shape index (κ3) is 6.34. The van der Waals surface area contributed by atoms with E-state index < -0.39 is 10.0 Å². The molecule has 0 bridgehead atoms. The Morgan fingerprint density at radius 3 is 2.48 bits per heavy atom. The van der Waals surface area contributed by atoms with E-state index in [2.05, 4.69) is 10.0 Å². The summed E-state index contributed by atoms with van der Waals surface area (Å²) < 4.78 is 33.9. The normalized spacial score (nSPS) is 11.6. The quantitative estimate of drug-likeness (QED) is 0.603. The Kier molecular flexibility index (Phi) is 7.83. The van der Waals surface area contributed by atoms with Crippen molar-refractivity contribution in [2.75, 3.05) is 24.5 Å². The molecule has 0 saturated carbocycles. The molecule has 0 amide bonds. The summed E-state index contributed by atoms with van der Waals surface area (Å²) in [5.41, 5.74) is 4.20. The van der Waals surface area contributed by atoms with Crippen LogP contribution in [-0.4, -0.2) is 28.2 Å². The van der Waals surface area contributed by atoms with Crippen molar-refractivity contribution in [1.29, 1.82) is 0 Å². The van der Waals surface area contributed by atoms with E-state index in [-0.39, 0.29) is 0 Å². The largest absolute Gasteiger partial charge is 0.382 e.